The van der Waals surface area contributed by atoms with Gasteiger partial charge in [0.05, 0.1) is 0 Å². The van der Waals surface area contributed by atoms with E-state index in [1.54, 1.807) is 0 Å². The highest BCUT2D eigenvalue weighted by atomic mass is 16.2. The van der Waals surface area contributed by atoms with E-state index < -0.39 is 0 Å². The van der Waals surface area contributed by atoms with Crippen molar-refractivity contribution in [3.8, 4) is 0 Å². The largest absolute Gasteiger partial charge is 0.343 e. The summed E-state index contributed by atoms with van der Waals surface area (Å²) in [6.07, 6.45) is 13.5. The summed E-state index contributed by atoms with van der Waals surface area (Å²) in [6, 6.07) is 0. The number of nitrogens with zero attached hydrogens (tertiary/aromatic N) is 1. The van der Waals surface area contributed by atoms with Crippen molar-refractivity contribution < 1.29 is 4.79 Å². The number of hydrogen-bond acceptors (Lipinski definition) is 1. The van der Waals surface area contributed by atoms with Crippen LogP contribution in [0.1, 0.15) is 77.6 Å². The first-order valence-electron chi connectivity index (χ1n) is 7.62. The number of hydrogen-bond donors (Lipinski definition) is 0. The molecule has 0 bridgehead atoms. The molecule has 0 N–H and O–H groups in total. The van der Waals surface area contributed by atoms with Gasteiger partial charge in [-0.3, -0.25) is 4.79 Å². The third-order valence-corrected chi connectivity index (χ3v) is 3.66. The molecule has 1 aliphatic heterocycles. The van der Waals surface area contributed by atoms with E-state index in [2.05, 4.69) is 11.8 Å². The minimum atomic E-state index is 0.395. The van der Waals surface area contributed by atoms with Crippen LogP contribution in [0.15, 0.2) is 0 Å². The maximum Gasteiger partial charge on any atom is 0.222 e. The molecule has 0 aromatic heterocycles. The number of rotatable bonds is 2. The van der Waals surface area contributed by atoms with Crippen LogP contribution in [0.2, 0.25) is 0 Å². The lowest BCUT2D eigenvalue weighted by molar-refractivity contribution is -0.131. The first-order valence-corrected chi connectivity index (χ1v) is 7.62. The molecule has 0 spiro atoms. The zero-order valence-corrected chi connectivity index (χ0v) is 11.5. The van der Waals surface area contributed by atoms with E-state index in [9.17, 15) is 4.79 Å². The highest BCUT2D eigenvalue weighted by Crippen LogP contribution is 2.13. The van der Waals surface area contributed by atoms with Crippen LogP contribution < -0.4 is 0 Å². The van der Waals surface area contributed by atoms with Gasteiger partial charge in [0.25, 0.3) is 0 Å². The summed E-state index contributed by atoms with van der Waals surface area (Å²) in [5.41, 5.74) is 0. The number of carbonyl (C=O) groups excluding carboxylic acids is 1. The van der Waals surface area contributed by atoms with Crippen molar-refractivity contribution in [2.75, 3.05) is 13.1 Å². The van der Waals surface area contributed by atoms with E-state index >= 15 is 0 Å². The molecular weight excluding hydrogens is 210 g/mol. The summed E-state index contributed by atoms with van der Waals surface area (Å²) in [7, 11) is 0. The van der Waals surface area contributed by atoms with Gasteiger partial charge in [0.2, 0.25) is 5.91 Å². The van der Waals surface area contributed by atoms with Gasteiger partial charge in [0.1, 0.15) is 0 Å². The van der Waals surface area contributed by atoms with Gasteiger partial charge in [-0.15, -0.1) is 0 Å². The standard InChI is InChI=1S/C15H29NO/c1-2-13-16-14-11-9-7-5-3-4-6-8-10-12-15(16)17/h2-14H2,1H3. The molecule has 0 radical (unpaired) electrons. The lowest BCUT2D eigenvalue weighted by Gasteiger charge is -2.22. The highest BCUT2D eigenvalue weighted by molar-refractivity contribution is 5.76. The second-order valence-electron chi connectivity index (χ2n) is 5.31. The zero-order valence-electron chi connectivity index (χ0n) is 11.5. The second-order valence-corrected chi connectivity index (χ2v) is 5.31. The molecule has 0 unspecified atom stereocenters. The van der Waals surface area contributed by atoms with Crippen molar-refractivity contribution in [1.29, 1.82) is 0 Å². The molecule has 2 heteroatoms. The van der Waals surface area contributed by atoms with Crippen molar-refractivity contribution in [3.05, 3.63) is 0 Å². The normalized spacial score (nSPS) is 21.5. The van der Waals surface area contributed by atoms with Gasteiger partial charge in [0.15, 0.2) is 0 Å². The Morgan fingerprint density at radius 1 is 0.882 bits per heavy atom. The zero-order chi connectivity index (χ0) is 12.3. The highest BCUT2D eigenvalue weighted by Gasteiger charge is 2.11. The molecule has 2 nitrogen and oxygen atoms in total. The molecule has 100 valence electrons. The minimum Gasteiger partial charge on any atom is -0.343 e. The first-order chi connectivity index (χ1) is 8.34. The maximum absolute atomic E-state index is 12.0. The van der Waals surface area contributed by atoms with Crippen LogP contribution in [0.5, 0.6) is 0 Å². The molecule has 1 heterocycles. The van der Waals surface area contributed by atoms with E-state index in [0.29, 0.717) is 5.91 Å². The summed E-state index contributed by atoms with van der Waals surface area (Å²) >= 11 is 0. The van der Waals surface area contributed by atoms with Crippen LogP contribution in [0.25, 0.3) is 0 Å². The summed E-state index contributed by atoms with van der Waals surface area (Å²) < 4.78 is 0. The Bertz CT molecular complexity index is 203. The van der Waals surface area contributed by atoms with Crippen molar-refractivity contribution >= 4 is 5.91 Å². The molecular formula is C15H29NO. The van der Waals surface area contributed by atoms with E-state index in [0.717, 1.165) is 32.4 Å². The van der Waals surface area contributed by atoms with Gasteiger partial charge in [-0.05, 0) is 19.3 Å². The van der Waals surface area contributed by atoms with E-state index in [4.69, 9.17) is 0 Å². The maximum atomic E-state index is 12.0. The Morgan fingerprint density at radius 2 is 1.41 bits per heavy atom. The quantitative estimate of drug-likeness (QED) is 0.709. The fourth-order valence-corrected chi connectivity index (χ4v) is 2.61. The predicted molar refractivity (Wildman–Crippen MR) is 73.0 cm³/mol. The molecule has 1 aliphatic rings. The first kappa shape index (κ1) is 14.5. The van der Waals surface area contributed by atoms with Gasteiger partial charge in [-0.1, -0.05) is 51.9 Å². The Kier molecular flexibility index (Phi) is 8.12. The smallest absolute Gasteiger partial charge is 0.222 e. The average molecular weight is 239 g/mol. The molecule has 1 amide bonds. The van der Waals surface area contributed by atoms with Crippen LogP contribution in [0.4, 0.5) is 0 Å². The molecule has 0 saturated carbocycles. The molecule has 0 aromatic rings. The third kappa shape index (κ3) is 6.70. The van der Waals surface area contributed by atoms with E-state index in [1.807, 2.05) is 0 Å². The third-order valence-electron chi connectivity index (χ3n) is 3.66. The monoisotopic (exact) mass is 239 g/mol. The molecule has 0 aromatic carbocycles. The van der Waals surface area contributed by atoms with Crippen LogP contribution in [0.3, 0.4) is 0 Å². The summed E-state index contributed by atoms with van der Waals surface area (Å²) in [6.45, 7) is 4.11. The van der Waals surface area contributed by atoms with E-state index in [-0.39, 0.29) is 0 Å². The SMILES string of the molecule is CCCN1CCCCCCCCCCCC1=O. The van der Waals surface area contributed by atoms with Gasteiger partial charge in [0, 0.05) is 19.5 Å². The minimum absolute atomic E-state index is 0.395. The Morgan fingerprint density at radius 3 is 2.00 bits per heavy atom. The number of amides is 1. The Balaban J connectivity index is 2.37. The summed E-state index contributed by atoms with van der Waals surface area (Å²) in [5.74, 6) is 0.395. The molecule has 1 saturated heterocycles. The topological polar surface area (TPSA) is 20.3 Å². The summed E-state index contributed by atoms with van der Waals surface area (Å²) in [5, 5.41) is 0. The van der Waals surface area contributed by atoms with Gasteiger partial charge >= 0.3 is 0 Å². The van der Waals surface area contributed by atoms with Crippen LogP contribution in [-0.4, -0.2) is 23.9 Å². The van der Waals surface area contributed by atoms with E-state index in [1.165, 1.54) is 51.4 Å². The Hall–Kier alpha value is -0.530. The fourth-order valence-electron chi connectivity index (χ4n) is 2.61. The lowest BCUT2D eigenvalue weighted by Crippen LogP contribution is -2.32. The van der Waals surface area contributed by atoms with Gasteiger partial charge < -0.3 is 4.90 Å². The fraction of sp³-hybridized carbons (Fsp3) is 0.933. The van der Waals surface area contributed by atoms with Crippen LogP contribution in [0, 0.1) is 0 Å². The van der Waals surface area contributed by atoms with Crippen molar-refractivity contribution in [3.63, 3.8) is 0 Å². The van der Waals surface area contributed by atoms with Gasteiger partial charge in [-0.25, -0.2) is 0 Å². The molecule has 1 fully saturated rings. The molecule has 1 rings (SSSR count). The lowest BCUT2D eigenvalue weighted by atomic mass is 10.1. The summed E-state index contributed by atoms with van der Waals surface area (Å²) in [4.78, 5) is 14.1. The number of carbonyl (C=O) groups is 1. The Labute approximate surface area is 107 Å². The van der Waals surface area contributed by atoms with Crippen LogP contribution >= 0.6 is 0 Å². The second kappa shape index (κ2) is 9.49. The van der Waals surface area contributed by atoms with Crippen LogP contribution in [-0.2, 0) is 4.79 Å². The van der Waals surface area contributed by atoms with Crippen molar-refractivity contribution in [2.24, 2.45) is 0 Å². The van der Waals surface area contributed by atoms with Crippen molar-refractivity contribution in [2.45, 2.75) is 77.6 Å². The molecule has 17 heavy (non-hydrogen) atoms. The van der Waals surface area contributed by atoms with Crippen molar-refractivity contribution in [1.82, 2.24) is 4.90 Å². The molecule has 0 aliphatic carbocycles. The van der Waals surface area contributed by atoms with Gasteiger partial charge in [-0.2, -0.15) is 0 Å². The molecule has 0 atom stereocenters. The predicted octanol–water partition coefficient (Wildman–Crippen LogP) is 4.14. The average Bonchev–Trinajstić information content (AvgIpc) is 2.35.